The highest BCUT2D eigenvalue weighted by Gasteiger charge is 2.12. The van der Waals surface area contributed by atoms with Crippen LogP contribution in [-0.4, -0.2) is 25.7 Å². The maximum absolute atomic E-state index is 3.62. The summed E-state index contributed by atoms with van der Waals surface area (Å²) < 4.78 is 0. The van der Waals surface area contributed by atoms with Crippen LogP contribution >= 0.6 is 0 Å². The van der Waals surface area contributed by atoms with Crippen LogP contribution in [0.3, 0.4) is 0 Å². The lowest BCUT2D eigenvalue weighted by Crippen LogP contribution is -2.45. The van der Waals surface area contributed by atoms with Crippen molar-refractivity contribution in [1.82, 2.24) is 10.6 Å². The van der Waals surface area contributed by atoms with Gasteiger partial charge < -0.3 is 10.6 Å². The highest BCUT2D eigenvalue weighted by molar-refractivity contribution is 4.80. The normalized spacial score (nSPS) is 11.5. The van der Waals surface area contributed by atoms with Gasteiger partial charge in [0.15, 0.2) is 0 Å². The Morgan fingerprint density at radius 2 is 2.10 bits per heavy atom. The Kier molecular flexibility index (Phi) is 4.32. The van der Waals surface area contributed by atoms with Crippen LogP contribution in [-0.2, 0) is 0 Å². The molecule has 0 rings (SSSR count). The third-order valence-corrected chi connectivity index (χ3v) is 1.53. The summed E-state index contributed by atoms with van der Waals surface area (Å²) in [5, 5.41) is 6.45. The molecular weight excluding hydrogens is 124 g/mol. The Bertz CT molecular complexity index is 97.4. The summed E-state index contributed by atoms with van der Waals surface area (Å²) in [6.45, 7) is 9.78. The van der Waals surface area contributed by atoms with Crippen LogP contribution in [0.15, 0.2) is 12.7 Å². The maximum Gasteiger partial charge on any atom is 0.0246 e. The molecule has 0 radical (unpaired) electrons. The highest BCUT2D eigenvalue weighted by atomic mass is 15.0. The maximum atomic E-state index is 3.62. The van der Waals surface area contributed by atoms with Gasteiger partial charge in [0.1, 0.15) is 0 Å². The van der Waals surface area contributed by atoms with E-state index in [1.54, 1.807) is 0 Å². The summed E-state index contributed by atoms with van der Waals surface area (Å²) >= 11 is 0. The molecule has 0 aliphatic carbocycles. The average Bonchev–Trinajstić information content (AvgIpc) is 1.89. The van der Waals surface area contributed by atoms with Crippen molar-refractivity contribution in [3.8, 4) is 0 Å². The van der Waals surface area contributed by atoms with Crippen molar-refractivity contribution in [2.75, 3.05) is 20.1 Å². The number of hydrogen-bond acceptors (Lipinski definition) is 2. The molecule has 0 aliphatic heterocycles. The van der Waals surface area contributed by atoms with Crippen LogP contribution in [0.25, 0.3) is 0 Å². The van der Waals surface area contributed by atoms with Crippen molar-refractivity contribution in [2.45, 2.75) is 19.4 Å². The molecule has 10 heavy (non-hydrogen) atoms. The standard InChI is InChI=1S/C8H18N2/c1-5-6-10-7-8(2,3)9-4/h5,9-10H,1,6-7H2,2-4H3. The molecule has 2 nitrogen and oxygen atoms in total. The Hall–Kier alpha value is -0.340. The van der Waals surface area contributed by atoms with Gasteiger partial charge in [0.2, 0.25) is 0 Å². The number of hydrogen-bond donors (Lipinski definition) is 2. The zero-order chi connectivity index (χ0) is 8.04. The van der Waals surface area contributed by atoms with E-state index in [9.17, 15) is 0 Å². The van der Waals surface area contributed by atoms with Crippen LogP contribution in [0.4, 0.5) is 0 Å². The molecular formula is C8H18N2. The van der Waals surface area contributed by atoms with E-state index in [4.69, 9.17) is 0 Å². The topological polar surface area (TPSA) is 24.1 Å². The minimum atomic E-state index is 0.184. The van der Waals surface area contributed by atoms with Crippen LogP contribution in [0.5, 0.6) is 0 Å². The van der Waals surface area contributed by atoms with Crippen molar-refractivity contribution in [2.24, 2.45) is 0 Å². The summed E-state index contributed by atoms with van der Waals surface area (Å²) in [5.74, 6) is 0. The first kappa shape index (κ1) is 9.66. The van der Waals surface area contributed by atoms with Crippen LogP contribution in [0, 0.1) is 0 Å². The van der Waals surface area contributed by atoms with Crippen molar-refractivity contribution in [3.63, 3.8) is 0 Å². The Labute approximate surface area is 63.7 Å². The molecule has 0 aromatic carbocycles. The Morgan fingerprint density at radius 3 is 2.50 bits per heavy atom. The summed E-state index contributed by atoms with van der Waals surface area (Å²) in [7, 11) is 1.97. The van der Waals surface area contributed by atoms with Crippen molar-refractivity contribution >= 4 is 0 Å². The van der Waals surface area contributed by atoms with E-state index in [0.29, 0.717) is 0 Å². The van der Waals surface area contributed by atoms with E-state index >= 15 is 0 Å². The molecule has 0 amide bonds. The monoisotopic (exact) mass is 142 g/mol. The van der Waals surface area contributed by atoms with Crippen LogP contribution in [0.1, 0.15) is 13.8 Å². The van der Waals surface area contributed by atoms with Gasteiger partial charge in [-0.25, -0.2) is 0 Å². The SMILES string of the molecule is C=CCNCC(C)(C)NC. The molecule has 0 aromatic heterocycles. The Morgan fingerprint density at radius 1 is 1.50 bits per heavy atom. The number of likely N-dealkylation sites (N-methyl/N-ethyl adjacent to an activating group) is 1. The number of rotatable bonds is 5. The second-order valence-corrected chi connectivity index (χ2v) is 3.05. The van der Waals surface area contributed by atoms with Gasteiger partial charge in [-0.15, -0.1) is 6.58 Å². The molecule has 0 aliphatic rings. The van der Waals surface area contributed by atoms with Gasteiger partial charge in [-0.2, -0.15) is 0 Å². The fourth-order valence-electron chi connectivity index (χ4n) is 0.575. The van der Waals surface area contributed by atoms with Gasteiger partial charge >= 0.3 is 0 Å². The van der Waals surface area contributed by atoms with Crippen molar-refractivity contribution in [1.29, 1.82) is 0 Å². The summed E-state index contributed by atoms with van der Waals surface area (Å²) in [4.78, 5) is 0. The molecule has 0 spiro atoms. The first-order valence-electron chi connectivity index (χ1n) is 3.63. The average molecular weight is 142 g/mol. The summed E-state index contributed by atoms with van der Waals surface area (Å²) in [6, 6.07) is 0. The molecule has 2 heteroatoms. The van der Waals surface area contributed by atoms with E-state index in [1.165, 1.54) is 0 Å². The molecule has 0 saturated carbocycles. The van der Waals surface area contributed by atoms with E-state index in [-0.39, 0.29) is 5.54 Å². The van der Waals surface area contributed by atoms with Gasteiger partial charge in [0, 0.05) is 18.6 Å². The molecule has 0 unspecified atom stereocenters. The molecule has 2 N–H and O–H groups in total. The second kappa shape index (κ2) is 4.47. The van der Waals surface area contributed by atoms with Crippen LogP contribution in [0.2, 0.25) is 0 Å². The first-order chi connectivity index (χ1) is 4.62. The molecule has 0 heterocycles. The van der Waals surface area contributed by atoms with Gasteiger partial charge in [0.25, 0.3) is 0 Å². The van der Waals surface area contributed by atoms with Gasteiger partial charge in [-0.05, 0) is 20.9 Å². The summed E-state index contributed by atoms with van der Waals surface area (Å²) in [6.07, 6.45) is 1.87. The quantitative estimate of drug-likeness (QED) is 0.437. The molecule has 60 valence electrons. The van der Waals surface area contributed by atoms with E-state index in [1.807, 2.05) is 13.1 Å². The second-order valence-electron chi connectivity index (χ2n) is 3.05. The zero-order valence-electron chi connectivity index (χ0n) is 7.20. The van der Waals surface area contributed by atoms with Crippen molar-refractivity contribution < 1.29 is 0 Å². The van der Waals surface area contributed by atoms with E-state index in [2.05, 4.69) is 31.1 Å². The fourth-order valence-corrected chi connectivity index (χ4v) is 0.575. The van der Waals surface area contributed by atoms with Crippen molar-refractivity contribution in [3.05, 3.63) is 12.7 Å². The van der Waals surface area contributed by atoms with Gasteiger partial charge in [-0.3, -0.25) is 0 Å². The predicted octanol–water partition coefficient (Wildman–Crippen LogP) is 0.760. The van der Waals surface area contributed by atoms with E-state index < -0.39 is 0 Å². The largest absolute Gasteiger partial charge is 0.314 e. The van der Waals surface area contributed by atoms with Gasteiger partial charge in [-0.1, -0.05) is 6.08 Å². The molecule has 0 aromatic rings. The Balaban J connectivity index is 3.36. The third kappa shape index (κ3) is 4.53. The smallest absolute Gasteiger partial charge is 0.0246 e. The predicted molar refractivity (Wildman–Crippen MR) is 46.2 cm³/mol. The third-order valence-electron chi connectivity index (χ3n) is 1.53. The molecule has 0 saturated heterocycles. The highest BCUT2D eigenvalue weighted by Crippen LogP contribution is 1.96. The molecule has 0 atom stereocenters. The molecule has 0 fully saturated rings. The minimum Gasteiger partial charge on any atom is -0.314 e. The van der Waals surface area contributed by atoms with E-state index in [0.717, 1.165) is 13.1 Å². The number of nitrogens with one attached hydrogen (secondary N) is 2. The minimum absolute atomic E-state index is 0.184. The first-order valence-corrected chi connectivity index (χ1v) is 3.63. The molecule has 0 bridgehead atoms. The van der Waals surface area contributed by atoms with Gasteiger partial charge in [0.05, 0.1) is 0 Å². The lowest BCUT2D eigenvalue weighted by Gasteiger charge is -2.23. The summed E-state index contributed by atoms with van der Waals surface area (Å²) in [5.41, 5.74) is 0.184. The lowest BCUT2D eigenvalue weighted by molar-refractivity contribution is 0.402. The fraction of sp³-hybridized carbons (Fsp3) is 0.750. The van der Waals surface area contributed by atoms with Crippen LogP contribution < -0.4 is 10.6 Å². The lowest BCUT2D eigenvalue weighted by atomic mass is 10.1. The zero-order valence-corrected chi connectivity index (χ0v) is 7.20.